The summed E-state index contributed by atoms with van der Waals surface area (Å²) in [4.78, 5) is 2.09. The van der Waals surface area contributed by atoms with Crippen LogP contribution in [0.3, 0.4) is 0 Å². The van der Waals surface area contributed by atoms with Gasteiger partial charge in [-0.05, 0) is 18.4 Å². The van der Waals surface area contributed by atoms with Crippen molar-refractivity contribution >= 4 is 21.4 Å². The predicted octanol–water partition coefficient (Wildman–Crippen LogP) is 2.18. The summed E-state index contributed by atoms with van der Waals surface area (Å²) in [7, 11) is -1.78. The Morgan fingerprint density at radius 1 is 1.39 bits per heavy atom. The standard InChI is InChI=1S/C12H22N2O2S2/c1-9-11(6-10(7-13)17-9)18(15,16)14(5)8-12(2,3)4/h6H,7-8,13H2,1-5H3. The zero-order valence-electron chi connectivity index (χ0n) is 11.6. The lowest BCUT2D eigenvalue weighted by Crippen LogP contribution is -2.34. The van der Waals surface area contributed by atoms with Crippen molar-refractivity contribution in [1.29, 1.82) is 0 Å². The Hall–Kier alpha value is -0.430. The van der Waals surface area contributed by atoms with Crippen LogP contribution in [0, 0.1) is 12.3 Å². The summed E-state index contributed by atoms with van der Waals surface area (Å²) in [6.45, 7) is 8.74. The lowest BCUT2D eigenvalue weighted by Gasteiger charge is -2.26. The Balaban J connectivity index is 3.09. The molecule has 1 heterocycles. The first kappa shape index (κ1) is 15.6. The molecule has 0 spiro atoms. The molecule has 0 fully saturated rings. The fraction of sp³-hybridized carbons (Fsp3) is 0.667. The van der Waals surface area contributed by atoms with Gasteiger partial charge in [-0.25, -0.2) is 12.7 Å². The molecule has 4 nitrogen and oxygen atoms in total. The van der Waals surface area contributed by atoms with Crippen LogP contribution in [0.25, 0.3) is 0 Å². The van der Waals surface area contributed by atoms with Crippen molar-refractivity contribution in [2.45, 2.75) is 39.1 Å². The number of hydrogen-bond acceptors (Lipinski definition) is 4. The summed E-state index contributed by atoms with van der Waals surface area (Å²) in [6, 6.07) is 1.69. The molecule has 0 radical (unpaired) electrons. The van der Waals surface area contributed by atoms with E-state index >= 15 is 0 Å². The molecule has 18 heavy (non-hydrogen) atoms. The van der Waals surface area contributed by atoms with Gasteiger partial charge in [0, 0.05) is 29.9 Å². The van der Waals surface area contributed by atoms with E-state index < -0.39 is 10.0 Å². The third-order valence-corrected chi connectivity index (χ3v) is 5.64. The molecular weight excluding hydrogens is 268 g/mol. The molecular formula is C12H22N2O2S2. The first-order valence-electron chi connectivity index (χ1n) is 5.83. The van der Waals surface area contributed by atoms with Crippen molar-refractivity contribution in [1.82, 2.24) is 4.31 Å². The van der Waals surface area contributed by atoms with Crippen molar-refractivity contribution in [3.63, 3.8) is 0 Å². The van der Waals surface area contributed by atoms with Gasteiger partial charge in [-0.3, -0.25) is 0 Å². The molecule has 0 aliphatic heterocycles. The van der Waals surface area contributed by atoms with E-state index in [4.69, 9.17) is 5.73 Å². The van der Waals surface area contributed by atoms with Gasteiger partial charge >= 0.3 is 0 Å². The van der Waals surface area contributed by atoms with Crippen LogP contribution in [-0.2, 0) is 16.6 Å². The van der Waals surface area contributed by atoms with Gasteiger partial charge in [-0.1, -0.05) is 20.8 Å². The highest BCUT2D eigenvalue weighted by atomic mass is 32.2. The van der Waals surface area contributed by atoms with Gasteiger partial charge in [0.15, 0.2) is 0 Å². The van der Waals surface area contributed by atoms with Gasteiger partial charge in [-0.2, -0.15) is 0 Å². The maximum atomic E-state index is 12.5. The van der Waals surface area contributed by atoms with E-state index in [9.17, 15) is 8.42 Å². The van der Waals surface area contributed by atoms with Gasteiger partial charge < -0.3 is 5.73 Å². The lowest BCUT2D eigenvalue weighted by atomic mass is 9.97. The number of aryl methyl sites for hydroxylation is 1. The molecule has 104 valence electrons. The summed E-state index contributed by atoms with van der Waals surface area (Å²) in [6.07, 6.45) is 0. The molecule has 0 saturated carbocycles. The van der Waals surface area contributed by atoms with E-state index in [0.29, 0.717) is 18.0 Å². The first-order chi connectivity index (χ1) is 8.08. The van der Waals surface area contributed by atoms with Crippen molar-refractivity contribution in [3.8, 4) is 0 Å². The maximum absolute atomic E-state index is 12.5. The highest BCUT2D eigenvalue weighted by Gasteiger charge is 2.27. The molecule has 1 rings (SSSR count). The maximum Gasteiger partial charge on any atom is 0.243 e. The van der Waals surface area contributed by atoms with Crippen LogP contribution in [0.15, 0.2) is 11.0 Å². The number of nitrogens with two attached hydrogens (primary N) is 1. The Bertz CT molecular complexity index is 513. The largest absolute Gasteiger partial charge is 0.326 e. The summed E-state index contributed by atoms with van der Waals surface area (Å²) in [5, 5.41) is 0. The summed E-state index contributed by atoms with van der Waals surface area (Å²) < 4.78 is 26.3. The fourth-order valence-corrected chi connectivity index (χ4v) is 4.68. The third kappa shape index (κ3) is 3.54. The van der Waals surface area contributed by atoms with Gasteiger partial charge in [0.2, 0.25) is 10.0 Å². The molecule has 0 aliphatic rings. The van der Waals surface area contributed by atoms with Crippen LogP contribution < -0.4 is 5.73 Å². The Morgan fingerprint density at radius 2 is 1.94 bits per heavy atom. The number of sulfonamides is 1. The summed E-state index contributed by atoms with van der Waals surface area (Å²) in [5.74, 6) is 0. The monoisotopic (exact) mass is 290 g/mol. The number of rotatable bonds is 4. The minimum Gasteiger partial charge on any atom is -0.326 e. The van der Waals surface area contributed by atoms with E-state index in [1.54, 1.807) is 13.1 Å². The van der Waals surface area contributed by atoms with Crippen LogP contribution in [0.4, 0.5) is 0 Å². The zero-order valence-corrected chi connectivity index (χ0v) is 13.3. The quantitative estimate of drug-likeness (QED) is 0.924. The SMILES string of the molecule is Cc1sc(CN)cc1S(=O)(=O)N(C)CC(C)(C)C. The highest BCUT2D eigenvalue weighted by Crippen LogP contribution is 2.28. The van der Waals surface area contributed by atoms with Crippen molar-refractivity contribution < 1.29 is 8.42 Å². The molecule has 2 N–H and O–H groups in total. The van der Waals surface area contributed by atoms with E-state index in [-0.39, 0.29) is 5.41 Å². The van der Waals surface area contributed by atoms with E-state index in [1.165, 1.54) is 15.6 Å². The lowest BCUT2D eigenvalue weighted by molar-refractivity contribution is 0.311. The molecule has 0 amide bonds. The van der Waals surface area contributed by atoms with Gasteiger partial charge in [0.1, 0.15) is 0 Å². The average Bonchev–Trinajstić information content (AvgIpc) is 2.57. The summed E-state index contributed by atoms with van der Waals surface area (Å²) >= 11 is 1.45. The minimum absolute atomic E-state index is 0.0670. The topological polar surface area (TPSA) is 63.4 Å². The van der Waals surface area contributed by atoms with Gasteiger partial charge in [0.05, 0.1) is 4.90 Å². The molecule has 0 atom stereocenters. The zero-order chi connectivity index (χ0) is 14.1. The number of nitrogens with zero attached hydrogens (tertiary/aromatic N) is 1. The van der Waals surface area contributed by atoms with E-state index in [1.807, 2.05) is 27.7 Å². The molecule has 1 aromatic heterocycles. The number of hydrogen-bond donors (Lipinski definition) is 1. The minimum atomic E-state index is -3.40. The van der Waals surface area contributed by atoms with Crippen molar-refractivity contribution in [2.24, 2.45) is 11.1 Å². The Kier molecular flexibility index (Phi) is 4.59. The normalized spacial score (nSPS) is 13.3. The average molecular weight is 290 g/mol. The molecule has 0 unspecified atom stereocenters. The van der Waals surface area contributed by atoms with Crippen LogP contribution in [0.5, 0.6) is 0 Å². The molecule has 0 saturated heterocycles. The first-order valence-corrected chi connectivity index (χ1v) is 8.09. The van der Waals surface area contributed by atoms with Crippen LogP contribution >= 0.6 is 11.3 Å². The highest BCUT2D eigenvalue weighted by molar-refractivity contribution is 7.89. The van der Waals surface area contributed by atoms with Gasteiger partial charge in [-0.15, -0.1) is 11.3 Å². The third-order valence-electron chi connectivity index (χ3n) is 2.51. The molecule has 1 aromatic rings. The van der Waals surface area contributed by atoms with Crippen molar-refractivity contribution in [2.75, 3.05) is 13.6 Å². The fourth-order valence-electron chi connectivity index (χ4n) is 1.80. The molecule has 0 aromatic carbocycles. The second-order valence-corrected chi connectivity index (χ2v) is 9.01. The smallest absolute Gasteiger partial charge is 0.243 e. The van der Waals surface area contributed by atoms with Crippen LogP contribution in [0.1, 0.15) is 30.5 Å². The summed E-state index contributed by atoms with van der Waals surface area (Å²) in [5.41, 5.74) is 5.49. The van der Waals surface area contributed by atoms with Crippen LogP contribution in [-0.4, -0.2) is 26.3 Å². The Morgan fingerprint density at radius 3 is 2.33 bits per heavy atom. The number of thiophene rings is 1. The molecule has 6 heteroatoms. The van der Waals surface area contributed by atoms with Crippen molar-refractivity contribution in [3.05, 3.63) is 15.8 Å². The predicted molar refractivity (Wildman–Crippen MR) is 76.2 cm³/mol. The Labute approximate surface area is 114 Å². The molecule has 0 aliphatic carbocycles. The van der Waals surface area contributed by atoms with Gasteiger partial charge in [0.25, 0.3) is 0 Å². The molecule has 0 bridgehead atoms. The van der Waals surface area contributed by atoms with Crippen LogP contribution in [0.2, 0.25) is 0 Å². The van der Waals surface area contributed by atoms with E-state index in [0.717, 1.165) is 9.75 Å². The van der Waals surface area contributed by atoms with E-state index in [2.05, 4.69) is 0 Å². The second kappa shape index (κ2) is 5.28. The second-order valence-electron chi connectivity index (χ2n) is 5.66.